The third-order valence-electron chi connectivity index (χ3n) is 6.67. The second kappa shape index (κ2) is 9.44. The van der Waals surface area contributed by atoms with Crippen LogP contribution in [0.3, 0.4) is 0 Å². The first-order chi connectivity index (χ1) is 16.5. The highest BCUT2D eigenvalue weighted by Gasteiger charge is 2.32. The highest BCUT2D eigenvalue weighted by molar-refractivity contribution is 5.95. The van der Waals surface area contributed by atoms with Crippen LogP contribution in [0, 0.1) is 0 Å². The lowest BCUT2D eigenvalue weighted by atomic mass is 9.92. The van der Waals surface area contributed by atoms with Gasteiger partial charge in [-0.1, -0.05) is 48.5 Å². The molecule has 2 aromatic carbocycles. The number of hydrogen-bond donors (Lipinski definition) is 1. The third-order valence-corrected chi connectivity index (χ3v) is 6.67. The Morgan fingerprint density at radius 1 is 1.00 bits per heavy atom. The standard InChI is InChI=1S/C27H29N3O4/c1-19(31)30-18-23(22-9-5-6-10-24(22)30)21-15-25(34-26(32)16-21)27(33)29-13-11-28(12-14-29)17-20-7-3-2-4-8-20/h2-10,15,18,21,26,32H,11-14,16-17H2,1H3/t21-,26+/m0/s1. The van der Waals surface area contributed by atoms with E-state index in [1.54, 1.807) is 15.5 Å². The van der Waals surface area contributed by atoms with Crippen molar-refractivity contribution in [1.29, 1.82) is 0 Å². The first-order valence-corrected chi connectivity index (χ1v) is 11.7. The summed E-state index contributed by atoms with van der Waals surface area (Å²) in [4.78, 5) is 29.5. The van der Waals surface area contributed by atoms with E-state index in [9.17, 15) is 14.7 Å². The Labute approximate surface area is 198 Å². The molecule has 7 heteroatoms. The molecule has 176 valence electrons. The topological polar surface area (TPSA) is 75.0 Å². The highest BCUT2D eigenvalue weighted by atomic mass is 16.6. The molecule has 0 aliphatic carbocycles. The number of aliphatic hydroxyl groups excluding tert-OH is 1. The molecule has 1 N–H and O–H groups in total. The summed E-state index contributed by atoms with van der Waals surface area (Å²) in [6.45, 7) is 5.17. The average Bonchev–Trinajstić information content (AvgIpc) is 3.25. The molecular formula is C27H29N3O4. The summed E-state index contributed by atoms with van der Waals surface area (Å²) in [6, 6.07) is 18.0. The zero-order valence-electron chi connectivity index (χ0n) is 19.3. The summed E-state index contributed by atoms with van der Waals surface area (Å²) in [6.07, 6.45) is 2.87. The SMILES string of the molecule is CC(=O)n1cc([C@H]2C=C(C(=O)N3CCN(Cc4ccccc4)CC3)O[C@@H](O)C2)c2ccccc21. The number of aliphatic hydroxyl groups is 1. The molecule has 1 saturated heterocycles. The van der Waals surface area contributed by atoms with Gasteiger partial charge in [-0.3, -0.25) is 19.1 Å². The lowest BCUT2D eigenvalue weighted by Crippen LogP contribution is -2.49. The van der Waals surface area contributed by atoms with Crippen LogP contribution in [0.25, 0.3) is 10.9 Å². The highest BCUT2D eigenvalue weighted by Crippen LogP contribution is 2.36. The predicted molar refractivity (Wildman–Crippen MR) is 129 cm³/mol. The summed E-state index contributed by atoms with van der Waals surface area (Å²) >= 11 is 0. The number of para-hydroxylation sites is 1. The van der Waals surface area contributed by atoms with Gasteiger partial charge in [0.05, 0.1) is 5.52 Å². The van der Waals surface area contributed by atoms with Crippen molar-refractivity contribution in [2.45, 2.75) is 32.1 Å². The summed E-state index contributed by atoms with van der Waals surface area (Å²) in [7, 11) is 0. The Balaban J connectivity index is 1.32. The smallest absolute Gasteiger partial charge is 0.288 e. The van der Waals surface area contributed by atoms with Gasteiger partial charge in [0.25, 0.3) is 5.91 Å². The number of allylic oxidation sites excluding steroid dienone is 1. The van der Waals surface area contributed by atoms with Crippen LogP contribution in [0.2, 0.25) is 0 Å². The summed E-state index contributed by atoms with van der Waals surface area (Å²) in [5.41, 5.74) is 2.99. The Bertz CT molecular complexity index is 1230. The Morgan fingerprint density at radius 2 is 1.71 bits per heavy atom. The molecular weight excluding hydrogens is 430 g/mol. The first kappa shape index (κ1) is 22.4. The minimum absolute atomic E-state index is 0.0799. The van der Waals surface area contributed by atoms with E-state index in [0.717, 1.165) is 36.1 Å². The number of rotatable bonds is 4. The van der Waals surface area contributed by atoms with Crippen LogP contribution in [-0.4, -0.2) is 63.8 Å². The van der Waals surface area contributed by atoms with Gasteiger partial charge in [-0.05, 0) is 23.3 Å². The summed E-state index contributed by atoms with van der Waals surface area (Å²) in [5.74, 6) is -0.324. The maximum Gasteiger partial charge on any atom is 0.288 e. The van der Waals surface area contributed by atoms with Crippen LogP contribution < -0.4 is 0 Å². The van der Waals surface area contributed by atoms with Crippen LogP contribution >= 0.6 is 0 Å². The minimum Gasteiger partial charge on any atom is -0.460 e. The zero-order chi connectivity index (χ0) is 23.7. The van der Waals surface area contributed by atoms with Crippen LogP contribution in [0.15, 0.2) is 72.6 Å². The number of piperazine rings is 1. The predicted octanol–water partition coefficient (Wildman–Crippen LogP) is 3.35. The molecule has 3 aromatic rings. The van der Waals surface area contributed by atoms with E-state index in [2.05, 4.69) is 17.0 Å². The maximum atomic E-state index is 13.3. The van der Waals surface area contributed by atoms with Crippen LogP contribution in [0.5, 0.6) is 0 Å². The quantitative estimate of drug-likeness (QED) is 0.648. The van der Waals surface area contributed by atoms with Gasteiger partial charge in [-0.25, -0.2) is 0 Å². The second-order valence-corrected chi connectivity index (χ2v) is 8.99. The van der Waals surface area contributed by atoms with E-state index in [4.69, 9.17) is 4.74 Å². The Hall–Kier alpha value is -3.42. The van der Waals surface area contributed by atoms with Gasteiger partial charge in [-0.15, -0.1) is 0 Å². The molecule has 3 heterocycles. The largest absolute Gasteiger partial charge is 0.460 e. The van der Waals surface area contributed by atoms with Crippen molar-refractivity contribution in [2.75, 3.05) is 26.2 Å². The zero-order valence-corrected chi connectivity index (χ0v) is 19.3. The molecule has 1 fully saturated rings. The number of amides is 1. The normalized spacial score (nSPS) is 21.2. The monoisotopic (exact) mass is 459 g/mol. The Morgan fingerprint density at radius 3 is 2.44 bits per heavy atom. The molecule has 2 atom stereocenters. The van der Waals surface area contributed by atoms with Crippen molar-refractivity contribution in [3.63, 3.8) is 0 Å². The van der Waals surface area contributed by atoms with Crippen molar-refractivity contribution in [3.05, 3.63) is 83.8 Å². The van der Waals surface area contributed by atoms with E-state index >= 15 is 0 Å². The van der Waals surface area contributed by atoms with Gasteiger partial charge in [0.1, 0.15) is 0 Å². The third kappa shape index (κ3) is 4.49. The van der Waals surface area contributed by atoms with Gasteiger partial charge in [0.2, 0.25) is 5.91 Å². The first-order valence-electron chi connectivity index (χ1n) is 11.7. The molecule has 7 nitrogen and oxygen atoms in total. The maximum absolute atomic E-state index is 13.3. The van der Waals surface area contributed by atoms with Gasteiger partial charge in [-0.2, -0.15) is 0 Å². The van der Waals surface area contributed by atoms with Crippen molar-refractivity contribution < 1.29 is 19.4 Å². The van der Waals surface area contributed by atoms with E-state index < -0.39 is 6.29 Å². The molecule has 34 heavy (non-hydrogen) atoms. The number of hydrogen-bond acceptors (Lipinski definition) is 5. The van der Waals surface area contributed by atoms with Crippen molar-refractivity contribution in [3.8, 4) is 0 Å². The molecule has 2 aliphatic rings. The number of aromatic nitrogens is 1. The van der Waals surface area contributed by atoms with Gasteiger partial charge in [0, 0.05) is 63.6 Å². The fourth-order valence-corrected chi connectivity index (χ4v) is 4.91. The minimum atomic E-state index is -1.08. The van der Waals surface area contributed by atoms with Gasteiger partial charge >= 0.3 is 0 Å². The number of benzene rings is 2. The number of ether oxygens (including phenoxy) is 1. The number of nitrogens with zero attached hydrogens (tertiary/aromatic N) is 3. The molecule has 0 spiro atoms. The molecule has 5 rings (SSSR count). The number of carbonyl (C=O) groups is 2. The van der Waals surface area contributed by atoms with Gasteiger partial charge in [0.15, 0.2) is 12.0 Å². The lowest BCUT2D eigenvalue weighted by Gasteiger charge is -2.36. The van der Waals surface area contributed by atoms with Crippen molar-refractivity contribution in [1.82, 2.24) is 14.4 Å². The van der Waals surface area contributed by atoms with Crippen LogP contribution in [0.1, 0.15) is 35.2 Å². The van der Waals surface area contributed by atoms with Crippen LogP contribution in [0.4, 0.5) is 0 Å². The molecule has 1 aromatic heterocycles. The molecule has 2 aliphatic heterocycles. The summed E-state index contributed by atoms with van der Waals surface area (Å²) in [5, 5.41) is 11.4. The molecule has 0 bridgehead atoms. The van der Waals surface area contributed by atoms with Crippen molar-refractivity contribution in [2.24, 2.45) is 0 Å². The van der Waals surface area contributed by atoms with Crippen molar-refractivity contribution >= 4 is 22.7 Å². The second-order valence-electron chi connectivity index (χ2n) is 8.99. The van der Waals surface area contributed by atoms with E-state index in [-0.39, 0.29) is 23.5 Å². The number of carbonyl (C=O) groups excluding carboxylic acids is 2. The fourth-order valence-electron chi connectivity index (χ4n) is 4.91. The Kier molecular flexibility index (Phi) is 6.22. The molecule has 0 radical (unpaired) electrons. The summed E-state index contributed by atoms with van der Waals surface area (Å²) < 4.78 is 7.20. The van der Waals surface area contributed by atoms with E-state index in [1.165, 1.54) is 12.5 Å². The molecule has 0 unspecified atom stereocenters. The molecule has 0 saturated carbocycles. The lowest BCUT2D eigenvalue weighted by molar-refractivity contribution is -0.142. The molecule has 1 amide bonds. The van der Waals surface area contributed by atoms with Crippen LogP contribution in [-0.2, 0) is 16.1 Å². The van der Waals surface area contributed by atoms with Gasteiger partial charge < -0.3 is 14.7 Å². The average molecular weight is 460 g/mol. The fraction of sp³-hybridized carbons (Fsp3) is 0.333. The number of fused-ring (bicyclic) bond motifs is 1. The van der Waals surface area contributed by atoms with E-state index in [1.807, 2.05) is 48.7 Å². The van der Waals surface area contributed by atoms with E-state index in [0.29, 0.717) is 19.5 Å².